The minimum absolute atomic E-state index is 0.640. The second-order valence-electron chi connectivity index (χ2n) is 4.53. The van der Waals surface area contributed by atoms with E-state index in [1.54, 1.807) is 0 Å². The van der Waals surface area contributed by atoms with Crippen molar-refractivity contribution in [3.8, 4) is 0 Å². The van der Waals surface area contributed by atoms with Crippen LogP contribution in [-0.4, -0.2) is 13.1 Å². The van der Waals surface area contributed by atoms with Crippen LogP contribution in [0, 0.1) is 5.92 Å². The summed E-state index contributed by atoms with van der Waals surface area (Å²) >= 11 is 0. The Morgan fingerprint density at radius 2 is 2.20 bits per heavy atom. The van der Waals surface area contributed by atoms with E-state index in [4.69, 9.17) is 5.73 Å². The van der Waals surface area contributed by atoms with Crippen LogP contribution in [0.15, 0.2) is 24.3 Å². The molecule has 1 fully saturated rings. The molecule has 1 aromatic rings. The number of anilines is 1. The van der Waals surface area contributed by atoms with E-state index in [1.807, 2.05) is 0 Å². The van der Waals surface area contributed by atoms with Crippen molar-refractivity contribution in [1.82, 2.24) is 0 Å². The fourth-order valence-electron chi connectivity index (χ4n) is 2.40. The van der Waals surface area contributed by atoms with E-state index in [9.17, 15) is 0 Å². The summed E-state index contributed by atoms with van der Waals surface area (Å²) in [6.45, 7) is 5.33. The molecular weight excluding hydrogens is 184 g/mol. The van der Waals surface area contributed by atoms with Gasteiger partial charge in [-0.15, -0.1) is 0 Å². The number of hydrogen-bond acceptors (Lipinski definition) is 2. The molecule has 0 aromatic heterocycles. The Bertz CT molecular complexity index is 322. The fraction of sp³-hybridized carbons (Fsp3) is 0.538. The molecule has 2 heteroatoms. The van der Waals surface area contributed by atoms with Crippen LogP contribution in [0.1, 0.15) is 25.3 Å². The van der Waals surface area contributed by atoms with Gasteiger partial charge in [-0.3, -0.25) is 0 Å². The van der Waals surface area contributed by atoms with E-state index in [0.29, 0.717) is 6.54 Å². The lowest BCUT2D eigenvalue weighted by Gasteiger charge is -2.34. The average molecular weight is 204 g/mol. The van der Waals surface area contributed by atoms with Crippen molar-refractivity contribution in [1.29, 1.82) is 0 Å². The maximum atomic E-state index is 5.77. The van der Waals surface area contributed by atoms with Gasteiger partial charge in [-0.2, -0.15) is 0 Å². The van der Waals surface area contributed by atoms with E-state index >= 15 is 0 Å². The van der Waals surface area contributed by atoms with Crippen molar-refractivity contribution in [2.24, 2.45) is 11.7 Å². The predicted molar refractivity (Wildman–Crippen MR) is 64.9 cm³/mol. The van der Waals surface area contributed by atoms with Crippen LogP contribution >= 0.6 is 0 Å². The van der Waals surface area contributed by atoms with Crippen LogP contribution in [0.3, 0.4) is 0 Å². The third-order valence-corrected chi connectivity index (χ3v) is 3.21. The number of piperidine rings is 1. The minimum Gasteiger partial charge on any atom is -0.371 e. The predicted octanol–water partition coefficient (Wildman–Crippen LogP) is 2.38. The number of para-hydroxylation sites is 1. The van der Waals surface area contributed by atoms with Gasteiger partial charge in [0.1, 0.15) is 0 Å². The monoisotopic (exact) mass is 204 g/mol. The largest absolute Gasteiger partial charge is 0.371 e. The molecule has 1 atom stereocenters. The zero-order valence-electron chi connectivity index (χ0n) is 9.45. The highest BCUT2D eigenvalue weighted by molar-refractivity contribution is 5.53. The summed E-state index contributed by atoms with van der Waals surface area (Å²) in [5, 5.41) is 0. The smallest absolute Gasteiger partial charge is 0.0411 e. The SMILES string of the molecule is C[C@@H]1CCCN(c2ccccc2CN)C1. The van der Waals surface area contributed by atoms with Gasteiger partial charge in [0.05, 0.1) is 0 Å². The first kappa shape index (κ1) is 10.5. The highest BCUT2D eigenvalue weighted by Crippen LogP contribution is 2.25. The second-order valence-corrected chi connectivity index (χ2v) is 4.53. The van der Waals surface area contributed by atoms with Crippen LogP contribution in [0.25, 0.3) is 0 Å². The molecule has 0 saturated carbocycles. The highest BCUT2D eigenvalue weighted by atomic mass is 15.1. The Balaban J connectivity index is 2.20. The third kappa shape index (κ3) is 2.32. The highest BCUT2D eigenvalue weighted by Gasteiger charge is 2.17. The average Bonchev–Trinajstić information content (AvgIpc) is 2.29. The van der Waals surface area contributed by atoms with Gasteiger partial charge in [-0.05, 0) is 30.4 Å². The number of rotatable bonds is 2. The Labute approximate surface area is 92.1 Å². The zero-order chi connectivity index (χ0) is 10.7. The van der Waals surface area contributed by atoms with Crippen LogP contribution < -0.4 is 10.6 Å². The van der Waals surface area contributed by atoms with E-state index in [0.717, 1.165) is 5.92 Å². The van der Waals surface area contributed by atoms with Gasteiger partial charge in [0.25, 0.3) is 0 Å². The number of nitrogens with two attached hydrogens (primary N) is 1. The van der Waals surface area contributed by atoms with Crippen molar-refractivity contribution in [2.45, 2.75) is 26.3 Å². The third-order valence-electron chi connectivity index (χ3n) is 3.21. The molecule has 2 rings (SSSR count). The Morgan fingerprint density at radius 3 is 2.93 bits per heavy atom. The van der Waals surface area contributed by atoms with Gasteiger partial charge in [0.2, 0.25) is 0 Å². The molecule has 82 valence electrons. The molecule has 1 heterocycles. The number of nitrogens with zero attached hydrogens (tertiary/aromatic N) is 1. The van der Waals surface area contributed by atoms with Gasteiger partial charge in [-0.25, -0.2) is 0 Å². The van der Waals surface area contributed by atoms with Crippen LogP contribution in [-0.2, 0) is 6.54 Å². The van der Waals surface area contributed by atoms with Gasteiger partial charge in [0, 0.05) is 25.3 Å². The lowest BCUT2D eigenvalue weighted by atomic mass is 9.99. The van der Waals surface area contributed by atoms with Crippen molar-refractivity contribution < 1.29 is 0 Å². The van der Waals surface area contributed by atoms with Gasteiger partial charge >= 0.3 is 0 Å². The lowest BCUT2D eigenvalue weighted by Crippen LogP contribution is -2.35. The molecule has 0 amide bonds. The van der Waals surface area contributed by atoms with Gasteiger partial charge < -0.3 is 10.6 Å². The second kappa shape index (κ2) is 4.67. The summed E-state index contributed by atoms with van der Waals surface area (Å²) in [4.78, 5) is 2.48. The van der Waals surface area contributed by atoms with Gasteiger partial charge in [-0.1, -0.05) is 25.1 Å². The molecule has 1 aliphatic heterocycles. The molecule has 0 bridgehead atoms. The molecule has 15 heavy (non-hydrogen) atoms. The molecule has 0 radical (unpaired) electrons. The standard InChI is InChI=1S/C13H20N2/c1-11-5-4-8-15(10-11)13-7-3-2-6-12(13)9-14/h2-3,6-7,11H,4-5,8-10,14H2,1H3/t11-/m1/s1. The first-order valence-electron chi connectivity index (χ1n) is 5.84. The van der Waals surface area contributed by atoms with Crippen molar-refractivity contribution in [2.75, 3.05) is 18.0 Å². The number of hydrogen-bond donors (Lipinski definition) is 1. The quantitative estimate of drug-likeness (QED) is 0.801. The lowest BCUT2D eigenvalue weighted by molar-refractivity contribution is 0.446. The molecule has 2 N–H and O–H groups in total. The Morgan fingerprint density at radius 1 is 1.40 bits per heavy atom. The molecule has 0 spiro atoms. The summed E-state index contributed by atoms with van der Waals surface area (Å²) in [6, 6.07) is 8.50. The van der Waals surface area contributed by atoms with E-state index < -0.39 is 0 Å². The van der Waals surface area contributed by atoms with E-state index in [2.05, 4.69) is 36.1 Å². The molecule has 0 unspecified atom stereocenters. The normalized spacial score (nSPS) is 21.7. The van der Waals surface area contributed by atoms with Crippen LogP contribution in [0.2, 0.25) is 0 Å². The van der Waals surface area contributed by atoms with Crippen molar-refractivity contribution in [3.63, 3.8) is 0 Å². The topological polar surface area (TPSA) is 29.3 Å². The first-order valence-corrected chi connectivity index (χ1v) is 5.84. The summed E-state index contributed by atoms with van der Waals surface area (Å²) in [7, 11) is 0. The molecule has 1 aromatic carbocycles. The first-order chi connectivity index (χ1) is 7.31. The summed E-state index contributed by atoms with van der Waals surface area (Å²) in [6.07, 6.45) is 2.67. The van der Waals surface area contributed by atoms with Crippen LogP contribution in [0.4, 0.5) is 5.69 Å². The molecule has 1 saturated heterocycles. The molecule has 2 nitrogen and oxygen atoms in total. The minimum atomic E-state index is 0.640. The van der Waals surface area contributed by atoms with E-state index in [1.165, 1.54) is 37.2 Å². The summed E-state index contributed by atoms with van der Waals surface area (Å²) in [5.74, 6) is 0.810. The Hall–Kier alpha value is -1.02. The summed E-state index contributed by atoms with van der Waals surface area (Å²) in [5.41, 5.74) is 8.37. The van der Waals surface area contributed by atoms with Crippen molar-refractivity contribution >= 4 is 5.69 Å². The Kier molecular flexibility index (Phi) is 3.27. The number of benzene rings is 1. The van der Waals surface area contributed by atoms with Crippen LogP contribution in [0.5, 0.6) is 0 Å². The fourth-order valence-corrected chi connectivity index (χ4v) is 2.40. The van der Waals surface area contributed by atoms with Crippen molar-refractivity contribution in [3.05, 3.63) is 29.8 Å². The van der Waals surface area contributed by atoms with Gasteiger partial charge in [0.15, 0.2) is 0 Å². The molecule has 0 aliphatic carbocycles. The maximum absolute atomic E-state index is 5.77. The summed E-state index contributed by atoms with van der Waals surface area (Å²) < 4.78 is 0. The molecule has 1 aliphatic rings. The molecular formula is C13H20N2. The van der Waals surface area contributed by atoms with E-state index in [-0.39, 0.29) is 0 Å². The maximum Gasteiger partial charge on any atom is 0.0411 e. The zero-order valence-corrected chi connectivity index (χ0v) is 9.45.